The molecule has 0 fully saturated rings. The van der Waals surface area contributed by atoms with Crippen LogP contribution in [0.5, 0.6) is 0 Å². The van der Waals surface area contributed by atoms with E-state index in [0.29, 0.717) is 0 Å². The van der Waals surface area contributed by atoms with Crippen LogP contribution in [-0.2, 0) is 9.53 Å². The minimum atomic E-state index is -7.93. The Morgan fingerprint density at radius 1 is 0.688 bits per heavy atom. The van der Waals surface area contributed by atoms with E-state index < -0.39 is 60.7 Å². The topological polar surface area (TPSA) is 26.3 Å². The molecule has 0 aliphatic heterocycles. The SMILES string of the molecule is C.C.C.C.CCC(C)C(=O)OCCC(F)(F)C(F)(F)C(F)(F)C(F)(F)C(F)(F)C(F)(F)F. The second kappa shape index (κ2) is 12.1. The molecule has 0 aliphatic carbocycles. The van der Waals surface area contributed by atoms with Crippen molar-refractivity contribution >= 4 is 5.97 Å². The van der Waals surface area contributed by atoms with E-state index in [9.17, 15) is 61.9 Å². The molecule has 0 spiro atoms. The van der Waals surface area contributed by atoms with Crippen molar-refractivity contribution in [3.05, 3.63) is 0 Å². The average molecular weight is 512 g/mol. The van der Waals surface area contributed by atoms with Crippen molar-refractivity contribution in [2.75, 3.05) is 6.61 Å². The van der Waals surface area contributed by atoms with Crippen molar-refractivity contribution in [3.63, 3.8) is 0 Å². The third-order valence-corrected chi connectivity index (χ3v) is 3.67. The Morgan fingerprint density at radius 2 is 1.03 bits per heavy atom. The first kappa shape index (κ1) is 40.9. The standard InChI is InChI=1S/C13H13F13O2.4CH4/c1-3-6(2)7(27)28-5-4-8(14,15)9(16,17)10(18,19)11(20,21)12(22,23)13(24,25)26;;;;/h6H,3-5H2,1-2H3;4*1H4. The van der Waals surface area contributed by atoms with Gasteiger partial charge in [-0.15, -0.1) is 0 Å². The first-order valence-corrected chi connectivity index (χ1v) is 7.24. The van der Waals surface area contributed by atoms with Gasteiger partial charge in [-0.1, -0.05) is 43.6 Å². The normalized spacial score (nSPS) is 14.1. The monoisotopic (exact) mass is 512 g/mol. The minimum absolute atomic E-state index is 0. The van der Waals surface area contributed by atoms with Gasteiger partial charge >= 0.3 is 41.8 Å². The molecule has 0 aliphatic rings. The van der Waals surface area contributed by atoms with Gasteiger partial charge in [-0.3, -0.25) is 4.79 Å². The van der Waals surface area contributed by atoms with E-state index in [2.05, 4.69) is 4.74 Å². The van der Waals surface area contributed by atoms with E-state index in [1.165, 1.54) is 13.8 Å². The summed E-state index contributed by atoms with van der Waals surface area (Å²) >= 11 is 0. The Labute approximate surface area is 178 Å². The van der Waals surface area contributed by atoms with E-state index in [1.807, 2.05) is 0 Å². The van der Waals surface area contributed by atoms with Gasteiger partial charge in [0, 0.05) is 0 Å². The number of carbonyl (C=O) groups excluding carboxylic acids is 1. The van der Waals surface area contributed by atoms with E-state index in [1.54, 1.807) is 0 Å². The van der Waals surface area contributed by atoms with Crippen LogP contribution < -0.4 is 0 Å². The van der Waals surface area contributed by atoms with Crippen LogP contribution in [-0.4, -0.2) is 48.4 Å². The molecule has 1 atom stereocenters. The summed E-state index contributed by atoms with van der Waals surface area (Å²) in [6.07, 6.45) is -9.91. The predicted octanol–water partition coefficient (Wildman–Crippen LogP) is 8.25. The van der Waals surface area contributed by atoms with Crippen LogP contribution in [0.15, 0.2) is 0 Å². The Bertz CT molecular complexity index is 557. The Kier molecular flexibility index (Phi) is 15.5. The molecule has 0 aromatic carbocycles. The van der Waals surface area contributed by atoms with Gasteiger partial charge in [0.25, 0.3) is 0 Å². The number of alkyl halides is 13. The Balaban J connectivity index is -0.000000607. The summed E-state index contributed by atoms with van der Waals surface area (Å²) in [6.45, 7) is 0.893. The van der Waals surface area contributed by atoms with Crippen molar-refractivity contribution < 1.29 is 66.6 Å². The van der Waals surface area contributed by atoms with Gasteiger partial charge in [0.1, 0.15) is 0 Å². The lowest BCUT2D eigenvalue weighted by atomic mass is 9.93. The van der Waals surface area contributed by atoms with E-state index >= 15 is 0 Å². The predicted molar refractivity (Wildman–Crippen MR) is 92.7 cm³/mol. The smallest absolute Gasteiger partial charge is 0.460 e. The van der Waals surface area contributed by atoms with Crippen molar-refractivity contribution in [2.24, 2.45) is 5.92 Å². The Hall–Kier alpha value is -1.44. The number of hydrogen-bond acceptors (Lipinski definition) is 2. The second-order valence-corrected chi connectivity index (χ2v) is 5.73. The molecule has 0 radical (unpaired) electrons. The molecule has 0 aromatic rings. The highest BCUT2D eigenvalue weighted by molar-refractivity contribution is 5.71. The van der Waals surface area contributed by atoms with Gasteiger partial charge in [-0.05, 0) is 6.42 Å². The van der Waals surface area contributed by atoms with Crippen LogP contribution in [0.4, 0.5) is 57.1 Å². The number of ether oxygens (including phenoxy) is 1. The number of hydrogen-bond donors (Lipinski definition) is 0. The quantitative estimate of drug-likeness (QED) is 0.230. The summed E-state index contributed by atoms with van der Waals surface area (Å²) in [7, 11) is 0. The maximum atomic E-state index is 13.4. The molecule has 0 aromatic heterocycles. The van der Waals surface area contributed by atoms with Crippen LogP contribution in [0.2, 0.25) is 0 Å². The fourth-order valence-corrected chi connectivity index (χ4v) is 1.55. The molecule has 32 heavy (non-hydrogen) atoms. The zero-order valence-corrected chi connectivity index (χ0v) is 13.9. The molecule has 200 valence electrons. The summed E-state index contributed by atoms with van der Waals surface area (Å²) in [5.41, 5.74) is 0. The van der Waals surface area contributed by atoms with Crippen molar-refractivity contribution in [1.29, 1.82) is 0 Å². The van der Waals surface area contributed by atoms with Crippen LogP contribution >= 0.6 is 0 Å². The molecule has 0 amide bonds. The van der Waals surface area contributed by atoms with Crippen LogP contribution in [0.3, 0.4) is 0 Å². The third kappa shape index (κ3) is 6.78. The first-order chi connectivity index (χ1) is 12.1. The van der Waals surface area contributed by atoms with Crippen molar-refractivity contribution in [3.8, 4) is 0 Å². The lowest BCUT2D eigenvalue weighted by molar-refractivity contribution is -0.440. The van der Waals surface area contributed by atoms with Crippen LogP contribution in [0.25, 0.3) is 0 Å². The zero-order valence-electron chi connectivity index (χ0n) is 13.9. The lowest BCUT2D eigenvalue weighted by Gasteiger charge is -2.39. The van der Waals surface area contributed by atoms with E-state index in [0.717, 1.165) is 0 Å². The highest BCUT2D eigenvalue weighted by Crippen LogP contribution is 2.60. The summed E-state index contributed by atoms with van der Waals surface area (Å²) in [6, 6.07) is 0. The molecule has 0 N–H and O–H groups in total. The average Bonchev–Trinajstić information content (AvgIpc) is 2.51. The Morgan fingerprint density at radius 3 is 1.34 bits per heavy atom. The van der Waals surface area contributed by atoms with Crippen LogP contribution in [0.1, 0.15) is 56.4 Å². The fraction of sp³-hybridized carbons (Fsp3) is 0.941. The molecular weight excluding hydrogens is 483 g/mol. The molecule has 0 saturated heterocycles. The minimum Gasteiger partial charge on any atom is -0.465 e. The first-order valence-electron chi connectivity index (χ1n) is 7.24. The van der Waals surface area contributed by atoms with Gasteiger partial charge in [-0.2, -0.15) is 57.1 Å². The lowest BCUT2D eigenvalue weighted by Crippen LogP contribution is -2.70. The van der Waals surface area contributed by atoms with Gasteiger partial charge in [0.05, 0.1) is 18.9 Å². The highest BCUT2D eigenvalue weighted by Gasteiger charge is 2.90. The molecule has 0 saturated carbocycles. The molecule has 2 nitrogen and oxygen atoms in total. The number of halogens is 13. The summed E-state index contributed by atoms with van der Waals surface area (Å²) in [4.78, 5) is 11.2. The molecule has 0 heterocycles. The number of rotatable bonds is 9. The highest BCUT2D eigenvalue weighted by atomic mass is 19.4. The summed E-state index contributed by atoms with van der Waals surface area (Å²) < 4.78 is 171. The number of carbonyl (C=O) groups is 1. The molecule has 1 unspecified atom stereocenters. The van der Waals surface area contributed by atoms with Crippen molar-refractivity contribution in [2.45, 2.75) is 92.2 Å². The maximum absolute atomic E-state index is 13.4. The molecule has 0 rings (SSSR count). The maximum Gasteiger partial charge on any atom is 0.460 e. The molecular formula is C17H29F13O2. The molecule has 0 bridgehead atoms. The fourth-order valence-electron chi connectivity index (χ4n) is 1.55. The van der Waals surface area contributed by atoms with E-state index in [4.69, 9.17) is 0 Å². The number of esters is 1. The van der Waals surface area contributed by atoms with Crippen LogP contribution in [0, 0.1) is 5.92 Å². The summed E-state index contributed by atoms with van der Waals surface area (Å²) in [5.74, 6) is -39.3. The largest absolute Gasteiger partial charge is 0.465 e. The third-order valence-electron chi connectivity index (χ3n) is 3.67. The zero-order chi connectivity index (χ0) is 23.0. The van der Waals surface area contributed by atoms with Gasteiger partial charge < -0.3 is 4.74 Å². The van der Waals surface area contributed by atoms with Gasteiger partial charge in [0.2, 0.25) is 0 Å². The molecule has 15 heteroatoms. The summed E-state index contributed by atoms with van der Waals surface area (Å²) in [5, 5.41) is 0. The van der Waals surface area contributed by atoms with Gasteiger partial charge in [-0.25, -0.2) is 0 Å². The second-order valence-electron chi connectivity index (χ2n) is 5.73. The van der Waals surface area contributed by atoms with Gasteiger partial charge in [0.15, 0.2) is 0 Å². The van der Waals surface area contributed by atoms with E-state index in [-0.39, 0.29) is 36.1 Å². The van der Waals surface area contributed by atoms with Crippen molar-refractivity contribution in [1.82, 2.24) is 0 Å².